The maximum atomic E-state index is 4.30. The molecule has 0 unspecified atom stereocenters. The number of piperidine rings is 1. The van der Waals surface area contributed by atoms with E-state index in [0.29, 0.717) is 0 Å². The number of rotatable bonds is 3. The molecule has 0 aromatic carbocycles. The van der Waals surface area contributed by atoms with Crippen molar-refractivity contribution in [2.24, 2.45) is 0 Å². The SMILES string of the molecule is CN1CCC(C)(Nc2cncc(-c3cn[nH]n3)c2)CC1. The first kappa shape index (κ1) is 13.1. The van der Waals surface area contributed by atoms with Crippen molar-refractivity contribution in [2.75, 3.05) is 25.5 Å². The molecule has 0 aliphatic carbocycles. The molecule has 2 aromatic rings. The van der Waals surface area contributed by atoms with Crippen LogP contribution in [-0.2, 0) is 0 Å². The smallest absolute Gasteiger partial charge is 0.114 e. The fourth-order valence-corrected chi connectivity index (χ4v) is 2.57. The van der Waals surface area contributed by atoms with Crippen LogP contribution in [0.15, 0.2) is 24.7 Å². The molecule has 20 heavy (non-hydrogen) atoms. The van der Waals surface area contributed by atoms with E-state index in [0.717, 1.165) is 42.9 Å². The second kappa shape index (κ2) is 5.20. The summed E-state index contributed by atoms with van der Waals surface area (Å²) < 4.78 is 0. The largest absolute Gasteiger partial charge is 0.379 e. The molecule has 0 radical (unpaired) electrons. The molecule has 1 saturated heterocycles. The molecule has 106 valence electrons. The summed E-state index contributed by atoms with van der Waals surface area (Å²) in [5.74, 6) is 0. The second-order valence-corrected chi connectivity index (χ2v) is 5.81. The predicted molar refractivity (Wildman–Crippen MR) is 78.4 cm³/mol. The quantitative estimate of drug-likeness (QED) is 0.891. The molecule has 3 heterocycles. The van der Waals surface area contributed by atoms with Crippen LogP contribution >= 0.6 is 0 Å². The molecule has 0 spiro atoms. The minimum Gasteiger partial charge on any atom is -0.379 e. The second-order valence-electron chi connectivity index (χ2n) is 5.81. The summed E-state index contributed by atoms with van der Waals surface area (Å²) in [6.45, 7) is 4.53. The van der Waals surface area contributed by atoms with E-state index >= 15 is 0 Å². The number of likely N-dealkylation sites (tertiary alicyclic amines) is 1. The molecule has 0 amide bonds. The monoisotopic (exact) mass is 272 g/mol. The Morgan fingerprint density at radius 2 is 2.05 bits per heavy atom. The molecular formula is C14H20N6. The van der Waals surface area contributed by atoms with Crippen LogP contribution in [0.25, 0.3) is 11.3 Å². The van der Waals surface area contributed by atoms with Crippen molar-refractivity contribution < 1.29 is 0 Å². The lowest BCUT2D eigenvalue weighted by atomic mass is 9.89. The highest BCUT2D eigenvalue weighted by Gasteiger charge is 2.28. The van der Waals surface area contributed by atoms with E-state index < -0.39 is 0 Å². The fraction of sp³-hybridized carbons (Fsp3) is 0.500. The molecule has 1 fully saturated rings. The maximum absolute atomic E-state index is 4.30. The first-order valence-electron chi connectivity index (χ1n) is 6.93. The fourth-order valence-electron chi connectivity index (χ4n) is 2.57. The van der Waals surface area contributed by atoms with E-state index in [4.69, 9.17) is 0 Å². The van der Waals surface area contributed by atoms with Gasteiger partial charge in [-0.05, 0) is 32.9 Å². The zero-order valence-corrected chi connectivity index (χ0v) is 11.9. The Hall–Kier alpha value is -1.95. The van der Waals surface area contributed by atoms with Crippen molar-refractivity contribution in [1.29, 1.82) is 0 Å². The average Bonchev–Trinajstić information content (AvgIpc) is 2.97. The number of hydrogen-bond donors (Lipinski definition) is 2. The predicted octanol–water partition coefficient (Wildman–Crippen LogP) is 1.76. The first-order valence-corrected chi connectivity index (χ1v) is 6.93. The standard InChI is InChI=1S/C14H20N6/c1-14(3-5-20(2)6-4-14)17-12-7-11(8-15-9-12)13-10-16-19-18-13/h7-10,17H,3-6H2,1-2H3,(H,16,18,19). The molecular weight excluding hydrogens is 252 g/mol. The summed E-state index contributed by atoms with van der Waals surface area (Å²) in [5, 5.41) is 14.2. The molecule has 3 rings (SSSR count). The Bertz CT molecular complexity index is 557. The van der Waals surface area contributed by atoms with Crippen molar-refractivity contribution >= 4 is 5.69 Å². The highest BCUT2D eigenvalue weighted by molar-refractivity contribution is 5.62. The Balaban J connectivity index is 1.76. The van der Waals surface area contributed by atoms with Crippen molar-refractivity contribution in [3.8, 4) is 11.3 Å². The van der Waals surface area contributed by atoms with Gasteiger partial charge in [0, 0.05) is 36.6 Å². The third-order valence-corrected chi connectivity index (χ3v) is 3.99. The van der Waals surface area contributed by atoms with E-state index in [1.165, 1.54) is 0 Å². The number of nitrogens with zero attached hydrogens (tertiary/aromatic N) is 4. The van der Waals surface area contributed by atoms with E-state index in [-0.39, 0.29) is 5.54 Å². The Labute approximate surface area is 118 Å². The lowest BCUT2D eigenvalue weighted by Gasteiger charge is -2.39. The van der Waals surface area contributed by atoms with E-state index in [9.17, 15) is 0 Å². The molecule has 0 saturated carbocycles. The Morgan fingerprint density at radius 1 is 1.25 bits per heavy atom. The topological polar surface area (TPSA) is 69.7 Å². The van der Waals surface area contributed by atoms with Gasteiger partial charge in [-0.15, -0.1) is 0 Å². The van der Waals surface area contributed by atoms with Crippen molar-refractivity contribution in [1.82, 2.24) is 25.3 Å². The third-order valence-electron chi connectivity index (χ3n) is 3.99. The van der Waals surface area contributed by atoms with Crippen molar-refractivity contribution in [3.63, 3.8) is 0 Å². The van der Waals surface area contributed by atoms with Crippen LogP contribution in [-0.4, -0.2) is 51.0 Å². The highest BCUT2D eigenvalue weighted by atomic mass is 15.3. The summed E-state index contributed by atoms with van der Waals surface area (Å²) in [7, 11) is 2.17. The van der Waals surface area contributed by atoms with Crippen molar-refractivity contribution in [2.45, 2.75) is 25.3 Å². The van der Waals surface area contributed by atoms with Gasteiger partial charge in [0.25, 0.3) is 0 Å². The minimum absolute atomic E-state index is 0.136. The van der Waals surface area contributed by atoms with Gasteiger partial charge in [0.15, 0.2) is 0 Å². The van der Waals surface area contributed by atoms with Gasteiger partial charge in [-0.25, -0.2) is 0 Å². The normalized spacial score (nSPS) is 18.9. The van der Waals surface area contributed by atoms with Crippen LogP contribution < -0.4 is 5.32 Å². The summed E-state index contributed by atoms with van der Waals surface area (Å²) in [6, 6.07) is 2.08. The molecule has 6 nitrogen and oxygen atoms in total. The molecule has 0 atom stereocenters. The lowest BCUT2D eigenvalue weighted by Crippen LogP contribution is -2.45. The van der Waals surface area contributed by atoms with Crippen molar-refractivity contribution in [3.05, 3.63) is 24.7 Å². The molecule has 1 aliphatic heterocycles. The number of aromatic nitrogens is 4. The van der Waals surface area contributed by atoms with Crippen LogP contribution in [0.1, 0.15) is 19.8 Å². The first-order chi connectivity index (χ1) is 9.65. The van der Waals surface area contributed by atoms with Crippen LogP contribution in [0, 0.1) is 0 Å². The third kappa shape index (κ3) is 2.80. The maximum Gasteiger partial charge on any atom is 0.114 e. The zero-order chi connectivity index (χ0) is 14.0. The highest BCUT2D eigenvalue weighted by Crippen LogP contribution is 2.27. The van der Waals surface area contributed by atoms with Gasteiger partial charge in [0.05, 0.1) is 11.9 Å². The van der Waals surface area contributed by atoms with Gasteiger partial charge in [0.1, 0.15) is 5.69 Å². The molecule has 2 N–H and O–H groups in total. The van der Waals surface area contributed by atoms with Gasteiger partial charge in [-0.1, -0.05) is 0 Å². The molecule has 2 aromatic heterocycles. The molecule has 0 bridgehead atoms. The van der Waals surface area contributed by atoms with Gasteiger partial charge in [-0.2, -0.15) is 15.4 Å². The van der Waals surface area contributed by atoms with Crippen LogP contribution in [0.4, 0.5) is 5.69 Å². The van der Waals surface area contributed by atoms with Crippen LogP contribution in [0.3, 0.4) is 0 Å². The number of hydrogen-bond acceptors (Lipinski definition) is 5. The van der Waals surface area contributed by atoms with Gasteiger partial charge in [-0.3, -0.25) is 4.98 Å². The van der Waals surface area contributed by atoms with Gasteiger partial charge < -0.3 is 10.2 Å². The van der Waals surface area contributed by atoms with Crippen LogP contribution in [0.5, 0.6) is 0 Å². The van der Waals surface area contributed by atoms with Gasteiger partial charge >= 0.3 is 0 Å². The molecule has 1 aliphatic rings. The number of aromatic amines is 1. The number of H-pyrrole nitrogens is 1. The van der Waals surface area contributed by atoms with E-state index in [2.05, 4.69) is 50.6 Å². The summed E-state index contributed by atoms with van der Waals surface area (Å²) in [6.07, 6.45) is 7.65. The molecule has 6 heteroatoms. The number of anilines is 1. The summed E-state index contributed by atoms with van der Waals surface area (Å²) in [5.41, 5.74) is 2.96. The lowest BCUT2D eigenvalue weighted by molar-refractivity contribution is 0.216. The Morgan fingerprint density at radius 3 is 2.75 bits per heavy atom. The van der Waals surface area contributed by atoms with E-state index in [1.54, 1.807) is 12.4 Å². The average molecular weight is 272 g/mol. The number of nitrogens with one attached hydrogen (secondary N) is 2. The summed E-state index contributed by atoms with van der Waals surface area (Å²) in [4.78, 5) is 6.67. The summed E-state index contributed by atoms with van der Waals surface area (Å²) >= 11 is 0. The van der Waals surface area contributed by atoms with E-state index in [1.807, 2.05) is 6.20 Å². The zero-order valence-electron chi connectivity index (χ0n) is 11.9. The van der Waals surface area contributed by atoms with Gasteiger partial charge in [0.2, 0.25) is 0 Å². The van der Waals surface area contributed by atoms with Crippen LogP contribution in [0.2, 0.25) is 0 Å². The Kier molecular flexibility index (Phi) is 3.40. The minimum atomic E-state index is 0.136. The number of pyridine rings is 1.